The summed E-state index contributed by atoms with van der Waals surface area (Å²) in [6.07, 6.45) is 38.0. The highest BCUT2D eigenvalue weighted by atomic mass is 16.6. The van der Waals surface area contributed by atoms with Gasteiger partial charge in [0.2, 0.25) is 0 Å². The van der Waals surface area contributed by atoms with Gasteiger partial charge in [0.1, 0.15) is 13.2 Å². The van der Waals surface area contributed by atoms with E-state index in [9.17, 15) is 14.4 Å². The molecule has 0 N–H and O–H groups in total. The second-order valence-electron chi connectivity index (χ2n) is 14.6. The summed E-state index contributed by atoms with van der Waals surface area (Å²) >= 11 is 0. The number of ether oxygens (including phenoxy) is 3. The van der Waals surface area contributed by atoms with E-state index < -0.39 is 6.10 Å². The second-order valence-corrected chi connectivity index (χ2v) is 14.6. The zero-order valence-electron chi connectivity index (χ0n) is 33.0. The van der Waals surface area contributed by atoms with Crippen LogP contribution in [0.5, 0.6) is 0 Å². The maximum Gasteiger partial charge on any atom is 0.306 e. The normalized spacial score (nSPS) is 11.8. The fourth-order valence-corrected chi connectivity index (χ4v) is 6.32. The molecule has 0 spiro atoms. The van der Waals surface area contributed by atoms with E-state index in [2.05, 4.69) is 20.8 Å². The van der Waals surface area contributed by atoms with Crippen molar-refractivity contribution in [1.29, 1.82) is 0 Å². The van der Waals surface area contributed by atoms with Crippen LogP contribution in [-0.2, 0) is 28.6 Å². The molecule has 49 heavy (non-hydrogen) atoms. The van der Waals surface area contributed by atoms with E-state index in [1.165, 1.54) is 141 Å². The number of carbonyl (C=O) groups excluding carboxylic acids is 3. The molecule has 0 saturated heterocycles. The Labute approximate surface area is 304 Å². The van der Waals surface area contributed by atoms with Gasteiger partial charge in [-0.1, -0.05) is 201 Å². The Kier molecular flexibility index (Phi) is 37.9. The molecule has 0 aromatic rings. The summed E-state index contributed by atoms with van der Waals surface area (Å²) in [6.45, 7) is 6.60. The van der Waals surface area contributed by atoms with Gasteiger partial charge in [-0.05, 0) is 19.3 Å². The molecule has 0 unspecified atom stereocenters. The highest BCUT2D eigenvalue weighted by Crippen LogP contribution is 2.15. The van der Waals surface area contributed by atoms with E-state index in [-0.39, 0.29) is 31.1 Å². The molecule has 0 bridgehead atoms. The molecule has 0 saturated carbocycles. The predicted octanol–water partition coefficient (Wildman–Crippen LogP) is 13.3. The van der Waals surface area contributed by atoms with Crippen molar-refractivity contribution < 1.29 is 28.6 Å². The van der Waals surface area contributed by atoms with Gasteiger partial charge in [-0.15, -0.1) is 0 Å². The molecular formula is C43H82O6. The summed E-state index contributed by atoms with van der Waals surface area (Å²) in [5.41, 5.74) is 0. The highest BCUT2D eigenvalue weighted by Gasteiger charge is 2.19. The van der Waals surface area contributed by atoms with E-state index in [0.717, 1.165) is 57.8 Å². The predicted molar refractivity (Wildman–Crippen MR) is 206 cm³/mol. The Morgan fingerprint density at radius 3 is 0.816 bits per heavy atom. The van der Waals surface area contributed by atoms with Gasteiger partial charge < -0.3 is 14.2 Å². The van der Waals surface area contributed by atoms with Crippen LogP contribution in [0.25, 0.3) is 0 Å². The Hall–Kier alpha value is -1.59. The van der Waals surface area contributed by atoms with Crippen LogP contribution in [0, 0.1) is 0 Å². The molecule has 0 aliphatic rings. The molecule has 6 nitrogen and oxygen atoms in total. The van der Waals surface area contributed by atoms with Gasteiger partial charge in [0, 0.05) is 19.3 Å². The smallest absolute Gasteiger partial charge is 0.306 e. The Balaban J connectivity index is 4.29. The van der Waals surface area contributed by atoms with Crippen molar-refractivity contribution in [2.75, 3.05) is 13.2 Å². The van der Waals surface area contributed by atoms with Crippen LogP contribution >= 0.6 is 0 Å². The molecule has 1 atom stereocenters. The summed E-state index contributed by atoms with van der Waals surface area (Å²) in [5.74, 6) is -0.862. The molecule has 6 heteroatoms. The summed E-state index contributed by atoms with van der Waals surface area (Å²) in [5, 5.41) is 0. The molecular weight excluding hydrogens is 612 g/mol. The van der Waals surface area contributed by atoms with Crippen molar-refractivity contribution in [2.45, 2.75) is 245 Å². The average molecular weight is 695 g/mol. The number of hydrogen-bond acceptors (Lipinski definition) is 6. The first-order valence-electron chi connectivity index (χ1n) is 21.5. The Morgan fingerprint density at radius 1 is 0.327 bits per heavy atom. The molecule has 0 fully saturated rings. The Bertz CT molecular complexity index is 723. The molecule has 0 aliphatic heterocycles. The van der Waals surface area contributed by atoms with E-state index >= 15 is 0 Å². The quantitative estimate of drug-likeness (QED) is 0.0362. The monoisotopic (exact) mass is 695 g/mol. The van der Waals surface area contributed by atoms with Gasteiger partial charge >= 0.3 is 17.9 Å². The fraction of sp³-hybridized carbons (Fsp3) is 0.930. The summed E-state index contributed by atoms with van der Waals surface area (Å²) in [4.78, 5) is 37.5. The first-order chi connectivity index (χ1) is 24.0. The number of unbranched alkanes of at least 4 members (excludes halogenated alkanes) is 28. The van der Waals surface area contributed by atoms with Crippen LogP contribution in [0.2, 0.25) is 0 Å². The van der Waals surface area contributed by atoms with Crippen LogP contribution < -0.4 is 0 Å². The lowest BCUT2D eigenvalue weighted by Gasteiger charge is -2.18. The molecule has 0 amide bonds. The largest absolute Gasteiger partial charge is 0.462 e. The summed E-state index contributed by atoms with van der Waals surface area (Å²) < 4.78 is 16.6. The molecule has 0 radical (unpaired) electrons. The fourth-order valence-electron chi connectivity index (χ4n) is 6.32. The van der Waals surface area contributed by atoms with E-state index in [4.69, 9.17) is 14.2 Å². The van der Waals surface area contributed by atoms with Crippen molar-refractivity contribution >= 4 is 17.9 Å². The number of carbonyl (C=O) groups is 3. The number of rotatable bonds is 39. The minimum atomic E-state index is -0.756. The first kappa shape index (κ1) is 47.4. The van der Waals surface area contributed by atoms with E-state index in [1.54, 1.807) is 0 Å². The van der Waals surface area contributed by atoms with Crippen LogP contribution in [0.1, 0.15) is 239 Å². The van der Waals surface area contributed by atoms with Gasteiger partial charge in [-0.25, -0.2) is 0 Å². The van der Waals surface area contributed by atoms with Gasteiger partial charge in [0.05, 0.1) is 0 Å². The standard InChI is InChI=1S/C43H82O6/c1-4-7-10-13-16-18-20-22-24-27-30-33-36-42(45)48-39-40(38-47-41(44)35-32-29-26-15-12-9-6-3)49-43(46)37-34-31-28-25-23-21-19-17-14-11-8-5-2/h40H,4-39H2,1-3H3/t40-/m1/s1. The SMILES string of the molecule is CCCCCCCCCCCCCCC(=O)OC[C@@H](COC(=O)CCCCCCCCC)OC(=O)CCCCCCCCCCCCCC. The molecule has 0 heterocycles. The summed E-state index contributed by atoms with van der Waals surface area (Å²) in [6, 6.07) is 0. The van der Waals surface area contributed by atoms with E-state index in [1.807, 2.05) is 0 Å². The third-order valence-electron chi connectivity index (χ3n) is 9.61. The average Bonchev–Trinajstić information content (AvgIpc) is 3.10. The third kappa shape index (κ3) is 37.5. The lowest BCUT2D eigenvalue weighted by atomic mass is 10.0. The van der Waals surface area contributed by atoms with E-state index in [0.29, 0.717) is 19.3 Å². The molecule has 0 aliphatic carbocycles. The van der Waals surface area contributed by atoms with Crippen LogP contribution in [0.4, 0.5) is 0 Å². The van der Waals surface area contributed by atoms with Crippen LogP contribution in [-0.4, -0.2) is 37.2 Å². The topological polar surface area (TPSA) is 78.9 Å². The minimum absolute atomic E-state index is 0.0635. The lowest BCUT2D eigenvalue weighted by molar-refractivity contribution is -0.167. The second kappa shape index (κ2) is 39.2. The van der Waals surface area contributed by atoms with Crippen molar-refractivity contribution in [3.8, 4) is 0 Å². The van der Waals surface area contributed by atoms with Crippen molar-refractivity contribution in [2.24, 2.45) is 0 Å². The first-order valence-corrected chi connectivity index (χ1v) is 21.5. The van der Waals surface area contributed by atoms with Crippen LogP contribution in [0.3, 0.4) is 0 Å². The molecule has 0 aromatic carbocycles. The van der Waals surface area contributed by atoms with Crippen molar-refractivity contribution in [3.63, 3.8) is 0 Å². The Morgan fingerprint density at radius 2 is 0.551 bits per heavy atom. The molecule has 290 valence electrons. The summed E-state index contributed by atoms with van der Waals surface area (Å²) in [7, 11) is 0. The maximum atomic E-state index is 12.6. The van der Waals surface area contributed by atoms with Gasteiger partial charge in [0.25, 0.3) is 0 Å². The van der Waals surface area contributed by atoms with Gasteiger partial charge in [0.15, 0.2) is 6.10 Å². The third-order valence-corrected chi connectivity index (χ3v) is 9.61. The lowest BCUT2D eigenvalue weighted by Crippen LogP contribution is -2.30. The van der Waals surface area contributed by atoms with Crippen molar-refractivity contribution in [3.05, 3.63) is 0 Å². The minimum Gasteiger partial charge on any atom is -0.462 e. The zero-order valence-corrected chi connectivity index (χ0v) is 33.0. The van der Waals surface area contributed by atoms with Crippen molar-refractivity contribution in [1.82, 2.24) is 0 Å². The maximum absolute atomic E-state index is 12.6. The number of esters is 3. The molecule has 0 rings (SSSR count). The molecule has 0 aromatic heterocycles. The zero-order chi connectivity index (χ0) is 35.9. The highest BCUT2D eigenvalue weighted by molar-refractivity contribution is 5.71. The number of hydrogen-bond donors (Lipinski definition) is 0. The van der Waals surface area contributed by atoms with Gasteiger partial charge in [-0.3, -0.25) is 14.4 Å². The van der Waals surface area contributed by atoms with Gasteiger partial charge in [-0.2, -0.15) is 0 Å². The van der Waals surface area contributed by atoms with Crippen LogP contribution in [0.15, 0.2) is 0 Å².